The van der Waals surface area contributed by atoms with E-state index < -0.39 is 6.10 Å². The van der Waals surface area contributed by atoms with Gasteiger partial charge in [-0.3, -0.25) is 4.79 Å². The van der Waals surface area contributed by atoms with E-state index >= 15 is 0 Å². The first-order valence-corrected chi connectivity index (χ1v) is 7.39. The molecule has 2 unspecified atom stereocenters. The van der Waals surface area contributed by atoms with Gasteiger partial charge in [0.2, 0.25) is 5.91 Å². The van der Waals surface area contributed by atoms with Gasteiger partial charge >= 0.3 is 0 Å². The smallest absolute Gasteiger partial charge is 0.221 e. The maximum Gasteiger partial charge on any atom is 0.221 e. The number of aliphatic hydroxyl groups is 1. The van der Waals surface area contributed by atoms with Crippen LogP contribution in [0.15, 0.2) is 24.3 Å². The van der Waals surface area contributed by atoms with Crippen molar-refractivity contribution < 1.29 is 14.6 Å². The predicted molar refractivity (Wildman–Crippen MR) is 83.3 cm³/mol. The Kier molecular flexibility index (Phi) is 7.79. The number of aliphatic hydroxyl groups excluding tert-OH is 1. The minimum Gasteiger partial charge on any atom is -0.497 e. The second kappa shape index (κ2) is 9.37. The lowest BCUT2D eigenvalue weighted by molar-refractivity contribution is -0.121. The van der Waals surface area contributed by atoms with E-state index in [4.69, 9.17) is 4.74 Å². The molecule has 2 atom stereocenters. The highest BCUT2D eigenvalue weighted by molar-refractivity contribution is 5.76. The molecule has 3 N–H and O–H groups in total. The zero-order valence-corrected chi connectivity index (χ0v) is 13.1. The van der Waals surface area contributed by atoms with Gasteiger partial charge in [0.25, 0.3) is 0 Å². The molecule has 0 aliphatic heterocycles. The Hall–Kier alpha value is -1.59. The molecule has 0 saturated carbocycles. The van der Waals surface area contributed by atoms with Crippen LogP contribution in [0, 0.1) is 0 Å². The molecule has 5 nitrogen and oxygen atoms in total. The van der Waals surface area contributed by atoms with Crippen molar-refractivity contribution in [1.29, 1.82) is 0 Å². The SMILES string of the molecule is CCC(C)NC(=O)CCNCC(O)c1ccc(OC)cc1. The molecule has 0 spiro atoms. The molecule has 1 rings (SSSR count). The summed E-state index contributed by atoms with van der Waals surface area (Å²) >= 11 is 0. The molecule has 5 heteroatoms. The van der Waals surface area contributed by atoms with E-state index in [9.17, 15) is 9.90 Å². The van der Waals surface area contributed by atoms with Crippen molar-refractivity contribution in [2.45, 2.75) is 38.8 Å². The molecule has 21 heavy (non-hydrogen) atoms. The molecule has 0 bridgehead atoms. The second-order valence-electron chi connectivity index (χ2n) is 5.12. The number of benzene rings is 1. The van der Waals surface area contributed by atoms with Crippen LogP contribution in [-0.2, 0) is 4.79 Å². The van der Waals surface area contributed by atoms with Crippen LogP contribution in [0.5, 0.6) is 5.75 Å². The van der Waals surface area contributed by atoms with Crippen molar-refractivity contribution >= 4 is 5.91 Å². The van der Waals surface area contributed by atoms with Crippen LogP contribution in [0.1, 0.15) is 38.4 Å². The fourth-order valence-corrected chi connectivity index (χ4v) is 1.83. The Bertz CT molecular complexity index is 420. The van der Waals surface area contributed by atoms with Gasteiger partial charge in [0.1, 0.15) is 5.75 Å². The summed E-state index contributed by atoms with van der Waals surface area (Å²) in [6.07, 6.45) is 0.753. The number of hydrogen-bond donors (Lipinski definition) is 3. The van der Waals surface area contributed by atoms with Crippen LogP contribution < -0.4 is 15.4 Å². The minimum atomic E-state index is -0.589. The zero-order chi connectivity index (χ0) is 15.7. The quantitative estimate of drug-likeness (QED) is 0.605. The fraction of sp³-hybridized carbons (Fsp3) is 0.562. The van der Waals surface area contributed by atoms with Gasteiger partial charge in [0.05, 0.1) is 13.2 Å². The Morgan fingerprint density at radius 2 is 2.00 bits per heavy atom. The molecule has 0 saturated heterocycles. The van der Waals surface area contributed by atoms with Crippen molar-refractivity contribution in [3.63, 3.8) is 0 Å². The molecular formula is C16H26N2O3. The van der Waals surface area contributed by atoms with Crippen LogP contribution in [0.25, 0.3) is 0 Å². The molecule has 1 aromatic rings. The van der Waals surface area contributed by atoms with Gasteiger partial charge in [-0.05, 0) is 31.0 Å². The van der Waals surface area contributed by atoms with Crippen LogP contribution in [0.4, 0.5) is 0 Å². The van der Waals surface area contributed by atoms with Gasteiger partial charge in [-0.15, -0.1) is 0 Å². The highest BCUT2D eigenvalue weighted by atomic mass is 16.5. The molecule has 1 aromatic carbocycles. The molecule has 0 radical (unpaired) electrons. The highest BCUT2D eigenvalue weighted by Crippen LogP contribution is 2.16. The van der Waals surface area contributed by atoms with Gasteiger partial charge in [-0.25, -0.2) is 0 Å². The van der Waals surface area contributed by atoms with E-state index in [1.807, 2.05) is 38.1 Å². The van der Waals surface area contributed by atoms with Crippen molar-refractivity contribution in [2.24, 2.45) is 0 Å². The van der Waals surface area contributed by atoms with Crippen LogP contribution in [0.2, 0.25) is 0 Å². The van der Waals surface area contributed by atoms with Crippen molar-refractivity contribution in [3.8, 4) is 5.75 Å². The molecular weight excluding hydrogens is 268 g/mol. The summed E-state index contributed by atoms with van der Waals surface area (Å²) in [4.78, 5) is 11.6. The summed E-state index contributed by atoms with van der Waals surface area (Å²) in [5, 5.41) is 16.0. The van der Waals surface area contributed by atoms with E-state index in [1.54, 1.807) is 7.11 Å². The van der Waals surface area contributed by atoms with E-state index in [0.717, 1.165) is 17.7 Å². The largest absolute Gasteiger partial charge is 0.497 e. The molecule has 0 aliphatic rings. The average molecular weight is 294 g/mol. The normalized spacial score (nSPS) is 13.5. The summed E-state index contributed by atoms with van der Waals surface area (Å²) in [5.74, 6) is 0.802. The lowest BCUT2D eigenvalue weighted by Crippen LogP contribution is -2.34. The van der Waals surface area contributed by atoms with Crippen molar-refractivity contribution in [2.75, 3.05) is 20.2 Å². The van der Waals surface area contributed by atoms with Crippen molar-refractivity contribution in [3.05, 3.63) is 29.8 Å². The minimum absolute atomic E-state index is 0.0378. The summed E-state index contributed by atoms with van der Waals surface area (Å²) in [5.41, 5.74) is 0.826. The third-order valence-electron chi connectivity index (χ3n) is 3.39. The monoisotopic (exact) mass is 294 g/mol. The van der Waals surface area contributed by atoms with Gasteiger partial charge in [0.15, 0.2) is 0 Å². The Labute approximate surface area is 126 Å². The molecule has 0 fully saturated rings. The van der Waals surface area contributed by atoms with Crippen LogP contribution in [0.3, 0.4) is 0 Å². The number of nitrogens with one attached hydrogen (secondary N) is 2. The Morgan fingerprint density at radius 1 is 1.33 bits per heavy atom. The number of carbonyl (C=O) groups excluding carboxylic acids is 1. The van der Waals surface area contributed by atoms with Crippen LogP contribution in [-0.4, -0.2) is 37.3 Å². The van der Waals surface area contributed by atoms with Gasteiger partial charge in [-0.1, -0.05) is 19.1 Å². The molecule has 0 heterocycles. The summed E-state index contributed by atoms with van der Waals surface area (Å²) < 4.78 is 5.07. The summed E-state index contributed by atoms with van der Waals surface area (Å²) in [6.45, 7) is 4.99. The fourth-order valence-electron chi connectivity index (χ4n) is 1.83. The maximum absolute atomic E-state index is 11.6. The lowest BCUT2D eigenvalue weighted by Gasteiger charge is -2.14. The topological polar surface area (TPSA) is 70.6 Å². The van der Waals surface area contributed by atoms with Crippen molar-refractivity contribution in [1.82, 2.24) is 10.6 Å². The van der Waals surface area contributed by atoms with Gasteiger partial charge in [-0.2, -0.15) is 0 Å². The average Bonchev–Trinajstić information content (AvgIpc) is 2.51. The first-order chi connectivity index (χ1) is 10.1. The Morgan fingerprint density at radius 3 is 2.57 bits per heavy atom. The zero-order valence-electron chi connectivity index (χ0n) is 13.1. The van der Waals surface area contributed by atoms with E-state index in [2.05, 4.69) is 10.6 Å². The number of hydrogen-bond acceptors (Lipinski definition) is 4. The highest BCUT2D eigenvalue weighted by Gasteiger charge is 2.08. The molecule has 0 aromatic heterocycles. The number of rotatable bonds is 9. The third-order valence-corrected chi connectivity index (χ3v) is 3.39. The van der Waals surface area contributed by atoms with E-state index in [0.29, 0.717) is 19.5 Å². The molecule has 118 valence electrons. The van der Waals surface area contributed by atoms with Gasteiger partial charge in [0, 0.05) is 25.6 Å². The maximum atomic E-state index is 11.6. The van der Waals surface area contributed by atoms with Gasteiger partial charge < -0.3 is 20.5 Å². The Balaban J connectivity index is 2.23. The second-order valence-corrected chi connectivity index (χ2v) is 5.12. The van der Waals surface area contributed by atoms with E-state index in [-0.39, 0.29) is 11.9 Å². The molecule has 0 aliphatic carbocycles. The number of amides is 1. The third kappa shape index (κ3) is 6.60. The summed E-state index contributed by atoms with van der Waals surface area (Å²) in [7, 11) is 1.61. The number of methoxy groups -OCH3 is 1. The first-order valence-electron chi connectivity index (χ1n) is 7.39. The van der Waals surface area contributed by atoms with E-state index in [1.165, 1.54) is 0 Å². The first kappa shape index (κ1) is 17.5. The number of ether oxygens (including phenoxy) is 1. The lowest BCUT2D eigenvalue weighted by atomic mass is 10.1. The summed E-state index contributed by atoms with van der Waals surface area (Å²) in [6, 6.07) is 7.51. The standard InChI is InChI=1S/C16H26N2O3/c1-4-12(2)18-16(20)9-10-17-11-15(19)13-5-7-14(21-3)8-6-13/h5-8,12,15,17,19H,4,9-11H2,1-3H3,(H,18,20). The van der Waals surface area contributed by atoms with Crippen LogP contribution >= 0.6 is 0 Å². The number of carbonyl (C=O) groups is 1. The molecule has 1 amide bonds. The predicted octanol–water partition coefficient (Wildman–Crippen LogP) is 1.62.